The Morgan fingerprint density at radius 1 is 1.44 bits per heavy atom. The van der Waals surface area contributed by atoms with Crippen LogP contribution in [-0.2, 0) is 0 Å². The minimum absolute atomic E-state index is 0. The van der Waals surface area contributed by atoms with Crippen LogP contribution in [0, 0.1) is 11.7 Å². The van der Waals surface area contributed by atoms with Gasteiger partial charge in [-0.3, -0.25) is 0 Å². The van der Waals surface area contributed by atoms with Gasteiger partial charge in [0.2, 0.25) is 0 Å². The fourth-order valence-electron chi connectivity index (χ4n) is 1.43. The molecule has 0 heterocycles. The fraction of sp³-hybridized carbons (Fsp3) is 0.500. The van der Waals surface area contributed by atoms with E-state index in [1.165, 1.54) is 25.0 Å². The second kappa shape index (κ2) is 5.51. The van der Waals surface area contributed by atoms with Gasteiger partial charge in [-0.05, 0) is 43.4 Å². The number of ether oxygens (including phenoxy) is 1. The van der Waals surface area contributed by atoms with Crippen LogP contribution >= 0.6 is 12.4 Å². The van der Waals surface area contributed by atoms with E-state index in [1.54, 1.807) is 0 Å². The molecule has 1 aromatic rings. The van der Waals surface area contributed by atoms with Crippen molar-refractivity contribution in [1.82, 2.24) is 0 Å². The zero-order chi connectivity index (χ0) is 10.8. The van der Waals surface area contributed by atoms with Crippen LogP contribution in [0.25, 0.3) is 0 Å². The minimum Gasteiger partial charge on any atom is -0.493 e. The van der Waals surface area contributed by atoms with Gasteiger partial charge in [-0.25, -0.2) is 4.39 Å². The van der Waals surface area contributed by atoms with Crippen LogP contribution in [0.5, 0.6) is 5.75 Å². The van der Waals surface area contributed by atoms with Gasteiger partial charge >= 0.3 is 0 Å². The molecule has 0 saturated heterocycles. The molecule has 1 saturated carbocycles. The van der Waals surface area contributed by atoms with Gasteiger partial charge in [0.25, 0.3) is 0 Å². The third-order valence-electron chi connectivity index (χ3n) is 2.60. The lowest BCUT2D eigenvalue weighted by molar-refractivity contribution is 0.298. The Kier molecular flexibility index (Phi) is 4.56. The van der Waals surface area contributed by atoms with E-state index in [1.807, 2.05) is 13.0 Å². The third-order valence-corrected chi connectivity index (χ3v) is 2.60. The van der Waals surface area contributed by atoms with Gasteiger partial charge in [0, 0.05) is 12.1 Å². The van der Waals surface area contributed by atoms with E-state index in [-0.39, 0.29) is 24.3 Å². The maximum Gasteiger partial charge on any atom is 0.127 e. The molecule has 1 fully saturated rings. The van der Waals surface area contributed by atoms with Gasteiger partial charge in [0.1, 0.15) is 11.6 Å². The summed E-state index contributed by atoms with van der Waals surface area (Å²) in [6.45, 7) is 2.53. The van der Waals surface area contributed by atoms with Crippen molar-refractivity contribution in [2.45, 2.75) is 25.8 Å². The second-order valence-electron chi connectivity index (χ2n) is 4.26. The fourth-order valence-corrected chi connectivity index (χ4v) is 1.43. The maximum atomic E-state index is 13.2. The summed E-state index contributed by atoms with van der Waals surface area (Å²) >= 11 is 0. The highest BCUT2D eigenvalue weighted by Gasteiger charge is 2.22. The zero-order valence-electron chi connectivity index (χ0n) is 9.28. The summed E-state index contributed by atoms with van der Waals surface area (Å²) in [5, 5.41) is 0. The van der Waals surface area contributed by atoms with Crippen molar-refractivity contribution in [2.75, 3.05) is 6.61 Å². The summed E-state index contributed by atoms with van der Waals surface area (Å²) in [6, 6.07) is 4.52. The van der Waals surface area contributed by atoms with E-state index in [2.05, 4.69) is 0 Å². The molecular formula is C12H17ClFNO. The van der Waals surface area contributed by atoms with E-state index in [9.17, 15) is 4.39 Å². The third kappa shape index (κ3) is 3.65. The predicted molar refractivity (Wildman–Crippen MR) is 64.5 cm³/mol. The van der Waals surface area contributed by atoms with Crippen LogP contribution < -0.4 is 10.5 Å². The Bertz CT molecular complexity index is 353. The topological polar surface area (TPSA) is 35.2 Å². The number of halogens is 2. The maximum absolute atomic E-state index is 13.2. The summed E-state index contributed by atoms with van der Waals surface area (Å²) < 4.78 is 18.7. The molecule has 2 rings (SSSR count). The lowest BCUT2D eigenvalue weighted by atomic mass is 10.1. The first-order chi connectivity index (χ1) is 7.15. The average molecular weight is 246 g/mol. The van der Waals surface area contributed by atoms with Crippen molar-refractivity contribution < 1.29 is 9.13 Å². The zero-order valence-corrected chi connectivity index (χ0v) is 10.1. The number of benzene rings is 1. The standard InChI is InChI=1S/C12H16FNO.ClH/c1-8(14)10-4-11(13)6-12(5-10)15-7-9-2-3-9;/h4-6,8-9H,2-3,7,14H2,1H3;1H/t8-;/m0./s1. The summed E-state index contributed by atoms with van der Waals surface area (Å²) in [5.41, 5.74) is 6.48. The first-order valence-corrected chi connectivity index (χ1v) is 5.34. The van der Waals surface area contributed by atoms with E-state index in [0.717, 1.165) is 5.56 Å². The summed E-state index contributed by atoms with van der Waals surface area (Å²) in [7, 11) is 0. The van der Waals surface area contributed by atoms with Crippen molar-refractivity contribution in [3.8, 4) is 5.75 Å². The van der Waals surface area contributed by atoms with Crippen molar-refractivity contribution in [2.24, 2.45) is 11.7 Å². The van der Waals surface area contributed by atoms with Crippen LogP contribution in [0.2, 0.25) is 0 Å². The largest absolute Gasteiger partial charge is 0.493 e. The summed E-state index contributed by atoms with van der Waals surface area (Å²) in [5.74, 6) is 0.983. The number of hydrogen-bond donors (Lipinski definition) is 1. The molecule has 1 aliphatic carbocycles. The van der Waals surface area contributed by atoms with Crippen LogP contribution in [0.3, 0.4) is 0 Å². The molecule has 0 radical (unpaired) electrons. The molecule has 2 nitrogen and oxygen atoms in total. The number of rotatable bonds is 4. The Morgan fingerprint density at radius 2 is 2.12 bits per heavy atom. The van der Waals surface area contributed by atoms with Crippen molar-refractivity contribution in [1.29, 1.82) is 0 Å². The second-order valence-corrected chi connectivity index (χ2v) is 4.26. The van der Waals surface area contributed by atoms with Crippen molar-refractivity contribution >= 4 is 12.4 Å². The molecular weight excluding hydrogens is 229 g/mol. The highest BCUT2D eigenvalue weighted by molar-refractivity contribution is 5.85. The number of hydrogen-bond acceptors (Lipinski definition) is 2. The van der Waals surface area contributed by atoms with Crippen molar-refractivity contribution in [3.05, 3.63) is 29.6 Å². The highest BCUT2D eigenvalue weighted by Crippen LogP contribution is 2.30. The predicted octanol–water partition coefficient (Wildman–Crippen LogP) is 3.06. The summed E-state index contributed by atoms with van der Waals surface area (Å²) in [6.07, 6.45) is 2.46. The molecule has 90 valence electrons. The number of nitrogens with two attached hydrogens (primary N) is 1. The molecule has 4 heteroatoms. The van der Waals surface area contributed by atoms with Crippen LogP contribution in [0.15, 0.2) is 18.2 Å². The van der Waals surface area contributed by atoms with Gasteiger partial charge in [0.15, 0.2) is 0 Å². The lowest BCUT2D eigenvalue weighted by Gasteiger charge is -2.10. The molecule has 0 amide bonds. The van der Waals surface area contributed by atoms with Crippen LogP contribution in [0.4, 0.5) is 4.39 Å². The van der Waals surface area contributed by atoms with E-state index < -0.39 is 0 Å². The molecule has 0 aliphatic heterocycles. The first kappa shape index (κ1) is 13.3. The monoisotopic (exact) mass is 245 g/mol. The van der Waals surface area contributed by atoms with E-state index in [0.29, 0.717) is 18.3 Å². The van der Waals surface area contributed by atoms with E-state index >= 15 is 0 Å². The molecule has 0 aromatic heterocycles. The van der Waals surface area contributed by atoms with E-state index in [4.69, 9.17) is 10.5 Å². The summed E-state index contributed by atoms with van der Waals surface area (Å²) in [4.78, 5) is 0. The Morgan fingerprint density at radius 3 is 2.69 bits per heavy atom. The minimum atomic E-state index is -0.282. The highest BCUT2D eigenvalue weighted by atomic mass is 35.5. The molecule has 16 heavy (non-hydrogen) atoms. The molecule has 0 bridgehead atoms. The average Bonchev–Trinajstić information content (AvgIpc) is 2.97. The normalized spacial score (nSPS) is 16.4. The lowest BCUT2D eigenvalue weighted by Crippen LogP contribution is -2.06. The molecule has 1 atom stereocenters. The smallest absolute Gasteiger partial charge is 0.127 e. The quantitative estimate of drug-likeness (QED) is 0.885. The Balaban J connectivity index is 0.00000128. The molecule has 1 aliphatic rings. The van der Waals surface area contributed by atoms with Gasteiger partial charge in [0.05, 0.1) is 6.61 Å². The Hall–Kier alpha value is -0.800. The van der Waals surface area contributed by atoms with Gasteiger partial charge in [-0.15, -0.1) is 12.4 Å². The molecule has 0 spiro atoms. The van der Waals surface area contributed by atoms with Crippen molar-refractivity contribution in [3.63, 3.8) is 0 Å². The van der Waals surface area contributed by atoms with Gasteiger partial charge < -0.3 is 10.5 Å². The van der Waals surface area contributed by atoms with Gasteiger partial charge in [-0.1, -0.05) is 0 Å². The first-order valence-electron chi connectivity index (χ1n) is 5.34. The molecule has 1 aromatic carbocycles. The van der Waals surface area contributed by atoms with Crippen LogP contribution in [-0.4, -0.2) is 6.61 Å². The Labute approximate surface area is 101 Å². The SMILES string of the molecule is C[C@H](N)c1cc(F)cc(OCC2CC2)c1.Cl. The van der Waals surface area contributed by atoms with Crippen LogP contribution in [0.1, 0.15) is 31.4 Å². The molecule has 0 unspecified atom stereocenters. The molecule has 2 N–H and O–H groups in total. The van der Waals surface area contributed by atoms with Gasteiger partial charge in [-0.2, -0.15) is 0 Å².